The summed E-state index contributed by atoms with van der Waals surface area (Å²) in [5, 5.41) is 3.18. The van der Waals surface area contributed by atoms with Crippen molar-refractivity contribution >= 4 is 40.8 Å². The number of hydrogen-bond acceptors (Lipinski definition) is 5. The topological polar surface area (TPSA) is 84.9 Å². The molecule has 2 atom stereocenters. The number of rotatable bonds is 4. The van der Waals surface area contributed by atoms with Gasteiger partial charge in [0.1, 0.15) is 5.75 Å². The Labute approximate surface area is 173 Å². The van der Waals surface area contributed by atoms with Gasteiger partial charge in [0.2, 0.25) is 12.0 Å². The number of nitrogens with one attached hydrogen (secondary N) is 1. The van der Waals surface area contributed by atoms with Crippen LogP contribution in [0.2, 0.25) is 5.02 Å². The number of carbonyl (C=O) groups is 3. The first-order chi connectivity index (χ1) is 13.8. The first-order valence-electron chi connectivity index (χ1n) is 9.07. The maximum atomic E-state index is 12.6. The van der Waals surface area contributed by atoms with Gasteiger partial charge >= 0.3 is 5.97 Å². The number of amides is 2. The third-order valence-corrected chi connectivity index (χ3v) is 4.77. The van der Waals surface area contributed by atoms with Gasteiger partial charge in [0.25, 0.3) is 5.91 Å². The van der Waals surface area contributed by atoms with Crippen molar-refractivity contribution in [2.45, 2.75) is 33.0 Å². The highest BCUT2D eigenvalue weighted by Crippen LogP contribution is 2.33. The average molecular weight is 417 g/mol. The van der Waals surface area contributed by atoms with Crippen LogP contribution in [0.5, 0.6) is 5.75 Å². The molecule has 7 nitrogen and oxygen atoms in total. The minimum absolute atomic E-state index is 0.00687. The van der Waals surface area contributed by atoms with Crippen molar-refractivity contribution in [1.29, 1.82) is 0 Å². The molecule has 0 unspecified atom stereocenters. The van der Waals surface area contributed by atoms with Gasteiger partial charge in [-0.05, 0) is 43.7 Å². The highest BCUT2D eigenvalue weighted by Gasteiger charge is 2.35. The van der Waals surface area contributed by atoms with Crippen LogP contribution >= 0.6 is 11.6 Å². The first kappa shape index (κ1) is 20.7. The Kier molecular flexibility index (Phi) is 6.08. The molecule has 0 saturated heterocycles. The predicted molar refractivity (Wildman–Crippen MR) is 109 cm³/mol. The van der Waals surface area contributed by atoms with Crippen molar-refractivity contribution in [3.8, 4) is 5.75 Å². The number of ether oxygens (including phenoxy) is 2. The Bertz CT molecular complexity index is 962. The van der Waals surface area contributed by atoms with Gasteiger partial charge in [-0.1, -0.05) is 29.8 Å². The van der Waals surface area contributed by atoms with Gasteiger partial charge in [-0.25, -0.2) is 4.79 Å². The van der Waals surface area contributed by atoms with Crippen LogP contribution < -0.4 is 15.0 Å². The van der Waals surface area contributed by atoms with Gasteiger partial charge in [0, 0.05) is 17.6 Å². The SMILES string of the molecule is CC(=O)N1C[C@@H](C(=O)O[C@H](C)C(=O)Nc2cc(Cl)ccc2C)Oc2ccccc21. The Morgan fingerprint density at radius 1 is 1.24 bits per heavy atom. The quantitative estimate of drug-likeness (QED) is 0.773. The molecule has 2 amide bonds. The zero-order chi connectivity index (χ0) is 21.1. The molecule has 0 fully saturated rings. The van der Waals surface area contributed by atoms with E-state index in [1.165, 1.54) is 18.7 Å². The number of esters is 1. The van der Waals surface area contributed by atoms with Crippen molar-refractivity contribution in [1.82, 2.24) is 0 Å². The third kappa shape index (κ3) is 4.68. The molecule has 0 aromatic heterocycles. The summed E-state index contributed by atoms with van der Waals surface area (Å²) in [6, 6.07) is 12.0. The molecule has 0 spiro atoms. The predicted octanol–water partition coefficient (Wildman–Crippen LogP) is 3.33. The molecule has 1 aliphatic rings. The molecule has 2 aromatic carbocycles. The second kappa shape index (κ2) is 8.53. The van der Waals surface area contributed by atoms with Crippen LogP contribution in [-0.2, 0) is 19.1 Å². The number of fused-ring (bicyclic) bond motifs is 1. The minimum Gasteiger partial charge on any atom is -0.475 e. The average Bonchev–Trinajstić information content (AvgIpc) is 2.69. The molecular weight excluding hydrogens is 396 g/mol. The summed E-state index contributed by atoms with van der Waals surface area (Å²) < 4.78 is 11.0. The minimum atomic E-state index is -1.06. The maximum Gasteiger partial charge on any atom is 0.350 e. The Hall–Kier alpha value is -3.06. The molecule has 2 aromatic rings. The van der Waals surface area contributed by atoms with E-state index in [1.807, 2.05) is 6.92 Å². The first-order valence-corrected chi connectivity index (χ1v) is 9.45. The molecule has 0 radical (unpaired) electrons. The van der Waals surface area contributed by atoms with E-state index >= 15 is 0 Å². The lowest BCUT2D eigenvalue weighted by atomic mass is 10.2. The number of carbonyl (C=O) groups excluding carboxylic acids is 3. The number of benzene rings is 2. The monoisotopic (exact) mass is 416 g/mol. The summed E-state index contributed by atoms with van der Waals surface area (Å²) in [5.74, 6) is -1.04. The summed E-state index contributed by atoms with van der Waals surface area (Å²) >= 11 is 5.96. The van der Waals surface area contributed by atoms with Crippen molar-refractivity contribution in [3.05, 3.63) is 53.1 Å². The van der Waals surface area contributed by atoms with Crippen LogP contribution in [0.4, 0.5) is 11.4 Å². The third-order valence-electron chi connectivity index (χ3n) is 4.54. The number of para-hydroxylation sites is 2. The van der Waals surface area contributed by atoms with E-state index in [0.717, 1.165) is 5.56 Å². The van der Waals surface area contributed by atoms with E-state index in [2.05, 4.69) is 5.32 Å². The number of aryl methyl sites for hydroxylation is 1. The molecule has 1 aliphatic heterocycles. The van der Waals surface area contributed by atoms with E-state index in [9.17, 15) is 14.4 Å². The second-order valence-corrected chi connectivity index (χ2v) is 7.17. The zero-order valence-electron chi connectivity index (χ0n) is 16.3. The lowest BCUT2D eigenvalue weighted by molar-refractivity contribution is -0.160. The fraction of sp³-hybridized carbons (Fsp3) is 0.286. The summed E-state index contributed by atoms with van der Waals surface area (Å²) in [5.41, 5.74) is 1.95. The molecule has 3 rings (SSSR count). The fourth-order valence-electron chi connectivity index (χ4n) is 2.92. The van der Waals surface area contributed by atoms with Crippen LogP contribution in [-0.4, -0.2) is 36.5 Å². The summed E-state index contributed by atoms with van der Waals surface area (Å²) in [4.78, 5) is 38.4. The molecule has 0 aliphatic carbocycles. The Morgan fingerprint density at radius 3 is 2.69 bits per heavy atom. The molecular formula is C21H21ClN2O5. The smallest absolute Gasteiger partial charge is 0.350 e. The number of nitrogens with zero attached hydrogens (tertiary/aromatic N) is 1. The molecule has 0 saturated carbocycles. The largest absolute Gasteiger partial charge is 0.475 e. The van der Waals surface area contributed by atoms with E-state index in [4.69, 9.17) is 21.1 Å². The van der Waals surface area contributed by atoms with Crippen molar-refractivity contribution in [2.24, 2.45) is 0 Å². The van der Waals surface area contributed by atoms with Gasteiger partial charge < -0.3 is 19.7 Å². The normalized spacial score (nSPS) is 16.3. The highest BCUT2D eigenvalue weighted by atomic mass is 35.5. The van der Waals surface area contributed by atoms with E-state index in [0.29, 0.717) is 22.1 Å². The van der Waals surface area contributed by atoms with Crippen molar-refractivity contribution in [2.75, 3.05) is 16.8 Å². The van der Waals surface area contributed by atoms with Gasteiger partial charge in [-0.3, -0.25) is 9.59 Å². The van der Waals surface area contributed by atoms with Crippen LogP contribution in [0.15, 0.2) is 42.5 Å². The molecule has 29 heavy (non-hydrogen) atoms. The molecule has 1 N–H and O–H groups in total. The van der Waals surface area contributed by atoms with Gasteiger partial charge in [-0.2, -0.15) is 0 Å². The van der Waals surface area contributed by atoms with Gasteiger partial charge in [0.05, 0.1) is 12.2 Å². The van der Waals surface area contributed by atoms with Gasteiger partial charge in [-0.15, -0.1) is 0 Å². The molecule has 152 valence electrons. The lowest BCUT2D eigenvalue weighted by Crippen LogP contribution is -2.48. The Balaban J connectivity index is 1.67. The number of anilines is 2. The summed E-state index contributed by atoms with van der Waals surface area (Å²) in [6.45, 7) is 4.71. The fourth-order valence-corrected chi connectivity index (χ4v) is 3.09. The number of halogens is 1. The summed E-state index contributed by atoms with van der Waals surface area (Å²) in [7, 11) is 0. The second-order valence-electron chi connectivity index (χ2n) is 6.73. The highest BCUT2D eigenvalue weighted by molar-refractivity contribution is 6.31. The molecule has 8 heteroatoms. The standard InChI is InChI=1S/C21H21ClN2O5/c1-12-8-9-15(22)10-16(12)23-20(26)13(2)28-21(27)19-11-24(14(3)25)17-6-4-5-7-18(17)29-19/h4-10,13,19H,11H2,1-3H3,(H,23,26)/t13-,19+/m1/s1. The zero-order valence-corrected chi connectivity index (χ0v) is 17.0. The molecule has 1 heterocycles. The van der Waals surface area contributed by atoms with Crippen molar-refractivity contribution < 1.29 is 23.9 Å². The number of hydrogen-bond donors (Lipinski definition) is 1. The van der Waals surface area contributed by atoms with E-state index in [-0.39, 0.29) is 12.5 Å². The van der Waals surface area contributed by atoms with Crippen molar-refractivity contribution in [3.63, 3.8) is 0 Å². The van der Waals surface area contributed by atoms with E-state index < -0.39 is 24.1 Å². The van der Waals surface area contributed by atoms with Crippen LogP contribution in [0.25, 0.3) is 0 Å². The van der Waals surface area contributed by atoms with Gasteiger partial charge in [0.15, 0.2) is 6.10 Å². The lowest BCUT2D eigenvalue weighted by Gasteiger charge is -2.33. The maximum absolute atomic E-state index is 12.6. The Morgan fingerprint density at radius 2 is 1.97 bits per heavy atom. The van der Waals surface area contributed by atoms with Crippen LogP contribution in [0.3, 0.4) is 0 Å². The molecule has 0 bridgehead atoms. The van der Waals surface area contributed by atoms with Crippen LogP contribution in [0.1, 0.15) is 19.4 Å². The summed E-state index contributed by atoms with van der Waals surface area (Å²) in [6.07, 6.45) is -2.09. The van der Waals surface area contributed by atoms with Crippen LogP contribution in [0, 0.1) is 6.92 Å². The van der Waals surface area contributed by atoms with E-state index in [1.54, 1.807) is 42.5 Å².